The number of sulfonamides is 1. The first-order chi connectivity index (χ1) is 16.9. The molecule has 35 heavy (non-hydrogen) atoms. The van der Waals surface area contributed by atoms with Gasteiger partial charge in [-0.05, 0) is 54.6 Å². The second-order valence-corrected chi connectivity index (χ2v) is 10.0. The molecule has 2 aromatic heterocycles. The Labute approximate surface area is 201 Å². The Morgan fingerprint density at radius 2 is 1.89 bits per heavy atom. The summed E-state index contributed by atoms with van der Waals surface area (Å²) in [6, 6.07) is 14.6. The maximum atomic E-state index is 13.2. The third kappa shape index (κ3) is 4.45. The molecule has 9 nitrogen and oxygen atoms in total. The molecule has 1 amide bonds. The second kappa shape index (κ2) is 9.05. The molecule has 3 heterocycles. The van der Waals surface area contributed by atoms with E-state index in [1.165, 1.54) is 37.6 Å². The smallest absolute Gasteiger partial charge is 0.337 e. The van der Waals surface area contributed by atoms with Crippen molar-refractivity contribution in [3.63, 3.8) is 0 Å². The topological polar surface area (TPSA) is 122 Å². The van der Waals surface area contributed by atoms with Gasteiger partial charge in [-0.1, -0.05) is 0 Å². The van der Waals surface area contributed by atoms with E-state index in [0.29, 0.717) is 36.4 Å². The van der Waals surface area contributed by atoms with Crippen LogP contribution in [0, 0.1) is 0 Å². The van der Waals surface area contributed by atoms with E-state index in [-0.39, 0.29) is 17.3 Å². The summed E-state index contributed by atoms with van der Waals surface area (Å²) in [6.07, 6.45) is 2.12. The zero-order chi connectivity index (χ0) is 24.6. The monoisotopic (exact) mass is 493 g/mol. The van der Waals surface area contributed by atoms with Crippen LogP contribution in [0.5, 0.6) is 0 Å². The molecule has 1 aliphatic rings. The van der Waals surface area contributed by atoms with Crippen molar-refractivity contribution in [3.05, 3.63) is 89.0 Å². The molecule has 0 atom stereocenters. The molecule has 1 aliphatic heterocycles. The van der Waals surface area contributed by atoms with Gasteiger partial charge < -0.3 is 19.0 Å². The summed E-state index contributed by atoms with van der Waals surface area (Å²) in [4.78, 5) is 30.3. The van der Waals surface area contributed by atoms with Crippen molar-refractivity contribution in [2.45, 2.75) is 24.4 Å². The largest absolute Gasteiger partial charge is 0.468 e. The Hall–Kier alpha value is -3.89. The van der Waals surface area contributed by atoms with Gasteiger partial charge in [0.1, 0.15) is 5.76 Å². The second-order valence-electron chi connectivity index (χ2n) is 8.24. The summed E-state index contributed by atoms with van der Waals surface area (Å²) in [5.74, 6) is -0.110. The van der Waals surface area contributed by atoms with E-state index in [0.717, 1.165) is 22.2 Å². The number of carbonyl (C=O) groups excluding carboxylic acids is 2. The fraction of sp³-hybridized carbons (Fsp3) is 0.200. The predicted molar refractivity (Wildman–Crippen MR) is 127 cm³/mol. The molecule has 0 aliphatic carbocycles. The van der Waals surface area contributed by atoms with Crippen LogP contribution in [0.4, 0.5) is 0 Å². The van der Waals surface area contributed by atoms with Crippen LogP contribution in [0.15, 0.2) is 70.2 Å². The number of hydrogen-bond acceptors (Lipinski definition) is 6. The summed E-state index contributed by atoms with van der Waals surface area (Å²) in [6.45, 7) is 0.936. The minimum atomic E-state index is -3.75. The molecule has 0 radical (unpaired) electrons. The number of nitrogens with zero attached hydrogens (tertiary/aromatic N) is 1. The van der Waals surface area contributed by atoms with Crippen LogP contribution < -0.4 is 4.72 Å². The Kier molecular flexibility index (Phi) is 5.91. The van der Waals surface area contributed by atoms with Gasteiger partial charge in [0, 0.05) is 47.2 Å². The van der Waals surface area contributed by atoms with Gasteiger partial charge in [-0.2, -0.15) is 0 Å². The number of methoxy groups -OCH3 is 1. The molecule has 2 N–H and O–H groups in total. The van der Waals surface area contributed by atoms with Crippen molar-refractivity contribution in [1.29, 1.82) is 0 Å². The van der Waals surface area contributed by atoms with Crippen LogP contribution >= 0.6 is 0 Å². The van der Waals surface area contributed by atoms with Crippen LogP contribution in [0.2, 0.25) is 0 Å². The SMILES string of the molecule is COC(=O)c1ccc2[nH]c3c(c2c1)CN(C(=O)c1ccc(S(=O)(=O)NCc2ccco2)cc1)CC3. The van der Waals surface area contributed by atoms with Gasteiger partial charge in [0.15, 0.2) is 0 Å². The van der Waals surface area contributed by atoms with Crippen molar-refractivity contribution in [2.75, 3.05) is 13.7 Å². The number of ether oxygens (including phenoxy) is 1. The standard InChI is InChI=1S/C25H23N3O6S/c1-33-25(30)17-6-9-22-20(13-17)21-15-28(11-10-23(21)27-22)24(29)16-4-7-19(8-5-16)35(31,32)26-14-18-3-2-12-34-18/h2-9,12-13,26-27H,10-11,14-15H2,1H3. The first kappa shape index (κ1) is 22.9. The predicted octanol–water partition coefficient (Wildman–Crippen LogP) is 3.22. The van der Waals surface area contributed by atoms with Crippen LogP contribution in [-0.4, -0.2) is 43.8 Å². The third-order valence-electron chi connectivity index (χ3n) is 6.11. The third-order valence-corrected chi connectivity index (χ3v) is 7.53. The normalized spacial score (nSPS) is 13.6. The number of rotatable bonds is 6. The van der Waals surface area contributed by atoms with Gasteiger partial charge in [-0.15, -0.1) is 0 Å². The Bertz CT molecular complexity index is 1500. The zero-order valence-electron chi connectivity index (χ0n) is 18.9. The van der Waals surface area contributed by atoms with Crippen molar-refractivity contribution >= 4 is 32.8 Å². The number of carbonyl (C=O) groups is 2. The Morgan fingerprint density at radius 1 is 1.11 bits per heavy atom. The highest BCUT2D eigenvalue weighted by molar-refractivity contribution is 7.89. The molecule has 0 bridgehead atoms. The van der Waals surface area contributed by atoms with E-state index >= 15 is 0 Å². The number of hydrogen-bond donors (Lipinski definition) is 2. The molecule has 10 heteroatoms. The fourth-order valence-electron chi connectivity index (χ4n) is 4.25. The Balaban J connectivity index is 1.33. The summed E-state index contributed by atoms with van der Waals surface area (Å²) >= 11 is 0. The van der Waals surface area contributed by atoms with E-state index in [9.17, 15) is 18.0 Å². The number of furan rings is 1. The number of esters is 1. The molecule has 0 saturated heterocycles. The first-order valence-electron chi connectivity index (χ1n) is 11.0. The summed E-state index contributed by atoms with van der Waals surface area (Å²) in [5, 5.41) is 0.879. The number of H-pyrrole nitrogens is 1. The molecule has 5 rings (SSSR count). The van der Waals surface area contributed by atoms with Crippen molar-refractivity contribution in [1.82, 2.24) is 14.6 Å². The molecule has 2 aromatic carbocycles. The molecule has 0 spiro atoms. The van der Waals surface area contributed by atoms with Gasteiger partial charge >= 0.3 is 5.97 Å². The zero-order valence-corrected chi connectivity index (χ0v) is 19.7. The highest BCUT2D eigenvalue weighted by Crippen LogP contribution is 2.29. The lowest BCUT2D eigenvalue weighted by atomic mass is 10.0. The lowest BCUT2D eigenvalue weighted by Gasteiger charge is -2.27. The number of fused-ring (bicyclic) bond motifs is 3. The van der Waals surface area contributed by atoms with Crippen LogP contribution in [0.25, 0.3) is 10.9 Å². The highest BCUT2D eigenvalue weighted by Gasteiger charge is 2.26. The van der Waals surface area contributed by atoms with E-state index in [1.807, 2.05) is 6.07 Å². The minimum Gasteiger partial charge on any atom is -0.468 e. The number of amides is 1. The summed E-state index contributed by atoms with van der Waals surface area (Å²) in [5.41, 5.74) is 3.74. The number of aromatic nitrogens is 1. The van der Waals surface area contributed by atoms with E-state index in [2.05, 4.69) is 9.71 Å². The van der Waals surface area contributed by atoms with Gasteiger partial charge in [-0.25, -0.2) is 17.9 Å². The quantitative estimate of drug-likeness (QED) is 0.398. The van der Waals surface area contributed by atoms with Crippen molar-refractivity contribution in [3.8, 4) is 0 Å². The number of aromatic amines is 1. The molecule has 0 fully saturated rings. The van der Waals surface area contributed by atoms with Gasteiger partial charge in [0.25, 0.3) is 5.91 Å². The molecule has 180 valence electrons. The van der Waals surface area contributed by atoms with E-state index in [1.54, 1.807) is 29.2 Å². The first-order valence-corrected chi connectivity index (χ1v) is 12.5. The number of nitrogens with one attached hydrogen (secondary N) is 2. The molecule has 0 saturated carbocycles. The summed E-state index contributed by atoms with van der Waals surface area (Å²) in [7, 11) is -2.41. The summed E-state index contributed by atoms with van der Waals surface area (Å²) < 4.78 is 37.6. The highest BCUT2D eigenvalue weighted by atomic mass is 32.2. The van der Waals surface area contributed by atoms with Gasteiger partial charge in [0.2, 0.25) is 10.0 Å². The van der Waals surface area contributed by atoms with Crippen LogP contribution in [0.1, 0.15) is 37.7 Å². The van der Waals surface area contributed by atoms with Crippen molar-refractivity contribution < 1.29 is 27.2 Å². The molecular weight excluding hydrogens is 470 g/mol. The lowest BCUT2D eigenvalue weighted by molar-refractivity contribution is 0.0600. The molecule has 4 aromatic rings. The minimum absolute atomic E-state index is 0.0362. The van der Waals surface area contributed by atoms with Crippen LogP contribution in [0.3, 0.4) is 0 Å². The van der Waals surface area contributed by atoms with Gasteiger partial charge in [0.05, 0.1) is 30.4 Å². The van der Waals surface area contributed by atoms with E-state index in [4.69, 9.17) is 9.15 Å². The maximum Gasteiger partial charge on any atom is 0.337 e. The van der Waals surface area contributed by atoms with Gasteiger partial charge in [-0.3, -0.25) is 4.79 Å². The molecular formula is C25H23N3O6S. The maximum absolute atomic E-state index is 13.2. The Morgan fingerprint density at radius 3 is 2.60 bits per heavy atom. The van der Waals surface area contributed by atoms with E-state index < -0.39 is 16.0 Å². The fourth-order valence-corrected chi connectivity index (χ4v) is 5.25. The van der Waals surface area contributed by atoms with Crippen molar-refractivity contribution in [2.24, 2.45) is 0 Å². The average molecular weight is 494 g/mol. The average Bonchev–Trinajstić information content (AvgIpc) is 3.53. The lowest BCUT2D eigenvalue weighted by Crippen LogP contribution is -2.35. The van der Waals surface area contributed by atoms with Crippen LogP contribution in [-0.2, 0) is 34.3 Å². The molecule has 0 unspecified atom stereocenters. The number of benzene rings is 2.